The van der Waals surface area contributed by atoms with Gasteiger partial charge in [-0.15, -0.1) is 0 Å². The number of hydrogen-bond acceptors (Lipinski definition) is 5. The molecule has 0 radical (unpaired) electrons. The average molecular weight is 361 g/mol. The SMILES string of the molecule is C[C@@H](C(=O)Nc1ccc2ccccc2c1)N1CCN(c2ncccn2)CC1. The van der Waals surface area contributed by atoms with Crippen molar-refractivity contribution in [3.63, 3.8) is 0 Å². The van der Waals surface area contributed by atoms with Crippen molar-refractivity contribution in [3.05, 3.63) is 60.9 Å². The maximum atomic E-state index is 12.7. The minimum Gasteiger partial charge on any atom is -0.338 e. The third kappa shape index (κ3) is 3.90. The lowest BCUT2D eigenvalue weighted by atomic mass is 10.1. The van der Waals surface area contributed by atoms with Gasteiger partial charge in [0.05, 0.1) is 6.04 Å². The predicted molar refractivity (Wildman–Crippen MR) is 108 cm³/mol. The summed E-state index contributed by atoms with van der Waals surface area (Å²) in [7, 11) is 0. The molecular weight excluding hydrogens is 338 g/mol. The molecule has 1 saturated heterocycles. The normalized spacial score (nSPS) is 16.3. The summed E-state index contributed by atoms with van der Waals surface area (Å²) in [5, 5.41) is 5.35. The molecule has 3 aromatic rings. The molecule has 138 valence electrons. The van der Waals surface area contributed by atoms with Crippen molar-refractivity contribution in [2.75, 3.05) is 36.4 Å². The van der Waals surface area contributed by atoms with E-state index in [1.54, 1.807) is 12.4 Å². The van der Waals surface area contributed by atoms with Crippen LogP contribution in [0.1, 0.15) is 6.92 Å². The summed E-state index contributed by atoms with van der Waals surface area (Å²) in [5.41, 5.74) is 0.835. The first-order chi connectivity index (χ1) is 13.2. The van der Waals surface area contributed by atoms with Crippen LogP contribution >= 0.6 is 0 Å². The molecule has 27 heavy (non-hydrogen) atoms. The zero-order valence-electron chi connectivity index (χ0n) is 15.4. The van der Waals surface area contributed by atoms with Crippen LogP contribution in [0.4, 0.5) is 11.6 Å². The molecule has 1 aliphatic heterocycles. The first-order valence-electron chi connectivity index (χ1n) is 9.26. The van der Waals surface area contributed by atoms with Gasteiger partial charge in [0.15, 0.2) is 0 Å². The summed E-state index contributed by atoms with van der Waals surface area (Å²) < 4.78 is 0. The zero-order valence-corrected chi connectivity index (χ0v) is 15.4. The largest absolute Gasteiger partial charge is 0.338 e. The van der Waals surface area contributed by atoms with Crippen molar-refractivity contribution in [1.82, 2.24) is 14.9 Å². The Balaban J connectivity index is 1.36. The lowest BCUT2D eigenvalue weighted by molar-refractivity contribution is -0.120. The third-order valence-corrected chi connectivity index (χ3v) is 5.09. The number of nitrogens with zero attached hydrogens (tertiary/aromatic N) is 4. The molecule has 1 atom stereocenters. The van der Waals surface area contributed by atoms with Crippen molar-refractivity contribution in [1.29, 1.82) is 0 Å². The van der Waals surface area contributed by atoms with Crippen LogP contribution in [0, 0.1) is 0 Å². The smallest absolute Gasteiger partial charge is 0.241 e. The summed E-state index contributed by atoms with van der Waals surface area (Å²) in [5.74, 6) is 0.778. The number of carbonyl (C=O) groups excluding carboxylic acids is 1. The van der Waals surface area contributed by atoms with Crippen molar-refractivity contribution < 1.29 is 4.79 Å². The summed E-state index contributed by atoms with van der Waals surface area (Å²) in [6.07, 6.45) is 3.52. The van der Waals surface area contributed by atoms with Crippen molar-refractivity contribution in [2.45, 2.75) is 13.0 Å². The van der Waals surface area contributed by atoms with Crippen LogP contribution in [0.2, 0.25) is 0 Å². The molecule has 1 N–H and O–H groups in total. The zero-order chi connectivity index (χ0) is 18.6. The van der Waals surface area contributed by atoms with Crippen LogP contribution < -0.4 is 10.2 Å². The first kappa shape index (κ1) is 17.4. The van der Waals surface area contributed by atoms with Gasteiger partial charge in [-0.2, -0.15) is 0 Å². The number of fused-ring (bicyclic) bond motifs is 1. The van der Waals surface area contributed by atoms with Gasteiger partial charge in [0, 0.05) is 44.3 Å². The molecule has 2 heterocycles. The quantitative estimate of drug-likeness (QED) is 0.774. The number of rotatable bonds is 4. The fourth-order valence-corrected chi connectivity index (χ4v) is 3.44. The van der Waals surface area contributed by atoms with Gasteiger partial charge in [-0.1, -0.05) is 30.3 Å². The first-order valence-corrected chi connectivity index (χ1v) is 9.26. The maximum absolute atomic E-state index is 12.7. The van der Waals surface area contributed by atoms with Crippen molar-refractivity contribution in [3.8, 4) is 0 Å². The Morgan fingerprint density at radius 2 is 1.67 bits per heavy atom. The number of hydrogen-bond donors (Lipinski definition) is 1. The molecule has 0 unspecified atom stereocenters. The van der Waals surface area contributed by atoms with E-state index in [-0.39, 0.29) is 11.9 Å². The highest BCUT2D eigenvalue weighted by Crippen LogP contribution is 2.19. The highest BCUT2D eigenvalue weighted by Gasteiger charge is 2.26. The molecule has 2 aromatic carbocycles. The molecule has 6 heteroatoms. The fraction of sp³-hybridized carbons (Fsp3) is 0.286. The number of nitrogens with one attached hydrogen (secondary N) is 1. The van der Waals surface area contributed by atoms with Gasteiger partial charge >= 0.3 is 0 Å². The van der Waals surface area contributed by atoms with Gasteiger partial charge in [0.25, 0.3) is 0 Å². The summed E-state index contributed by atoms with van der Waals surface area (Å²) in [6, 6.07) is 15.8. The second-order valence-electron chi connectivity index (χ2n) is 6.80. The minimum atomic E-state index is -0.185. The monoisotopic (exact) mass is 361 g/mol. The highest BCUT2D eigenvalue weighted by molar-refractivity contribution is 5.97. The molecule has 0 bridgehead atoms. The Hall–Kier alpha value is -2.99. The van der Waals surface area contributed by atoms with E-state index in [2.05, 4.69) is 37.2 Å². The summed E-state index contributed by atoms with van der Waals surface area (Å²) >= 11 is 0. The molecule has 4 rings (SSSR count). The number of carbonyl (C=O) groups is 1. The predicted octanol–water partition coefficient (Wildman–Crippen LogP) is 2.78. The molecule has 1 aliphatic rings. The second-order valence-corrected chi connectivity index (χ2v) is 6.80. The number of piperazine rings is 1. The Kier molecular flexibility index (Phi) is 4.98. The van der Waals surface area contributed by atoms with Crippen LogP contribution in [0.5, 0.6) is 0 Å². The Bertz CT molecular complexity index is 922. The van der Waals surface area contributed by atoms with Gasteiger partial charge in [-0.25, -0.2) is 9.97 Å². The molecule has 1 fully saturated rings. The molecule has 6 nitrogen and oxygen atoms in total. The molecule has 0 spiro atoms. The second kappa shape index (κ2) is 7.72. The lowest BCUT2D eigenvalue weighted by Crippen LogP contribution is -2.53. The number of anilines is 2. The van der Waals surface area contributed by atoms with Gasteiger partial charge in [-0.05, 0) is 35.9 Å². The number of aromatic nitrogens is 2. The van der Waals surface area contributed by atoms with Crippen molar-refractivity contribution in [2.24, 2.45) is 0 Å². The van der Waals surface area contributed by atoms with E-state index in [9.17, 15) is 4.79 Å². The van der Waals surface area contributed by atoms with Crippen LogP contribution in [0.25, 0.3) is 10.8 Å². The Labute approximate surface area is 158 Å². The van der Waals surface area contributed by atoms with Crippen LogP contribution in [0.3, 0.4) is 0 Å². The van der Waals surface area contributed by atoms with Gasteiger partial charge in [-0.3, -0.25) is 9.69 Å². The van der Waals surface area contributed by atoms with E-state index in [1.165, 1.54) is 5.39 Å². The van der Waals surface area contributed by atoms with E-state index in [4.69, 9.17) is 0 Å². The number of benzene rings is 2. The molecule has 0 aliphatic carbocycles. The third-order valence-electron chi connectivity index (χ3n) is 5.09. The average Bonchev–Trinajstić information content (AvgIpc) is 2.74. The summed E-state index contributed by atoms with van der Waals surface area (Å²) in [6.45, 7) is 5.22. The summed E-state index contributed by atoms with van der Waals surface area (Å²) in [4.78, 5) is 25.7. The van der Waals surface area contributed by atoms with E-state index < -0.39 is 0 Å². The Morgan fingerprint density at radius 3 is 2.41 bits per heavy atom. The van der Waals surface area contributed by atoms with Gasteiger partial charge in [0.1, 0.15) is 0 Å². The van der Waals surface area contributed by atoms with E-state index >= 15 is 0 Å². The van der Waals surface area contributed by atoms with E-state index in [0.29, 0.717) is 0 Å². The van der Waals surface area contributed by atoms with Gasteiger partial charge in [0.2, 0.25) is 11.9 Å². The highest BCUT2D eigenvalue weighted by atomic mass is 16.2. The fourth-order valence-electron chi connectivity index (χ4n) is 3.44. The van der Waals surface area contributed by atoms with Gasteiger partial charge < -0.3 is 10.2 Å². The van der Waals surface area contributed by atoms with Crippen molar-refractivity contribution >= 4 is 28.3 Å². The molecule has 1 amide bonds. The van der Waals surface area contributed by atoms with E-state index in [0.717, 1.165) is 43.2 Å². The minimum absolute atomic E-state index is 0.0229. The van der Waals surface area contributed by atoms with Crippen LogP contribution in [-0.4, -0.2) is 53.0 Å². The molecular formula is C21H23N5O. The van der Waals surface area contributed by atoms with Crippen LogP contribution in [0.15, 0.2) is 60.9 Å². The lowest BCUT2D eigenvalue weighted by Gasteiger charge is -2.37. The topological polar surface area (TPSA) is 61.4 Å². The molecule has 0 saturated carbocycles. The molecule has 1 aromatic heterocycles. The number of amides is 1. The standard InChI is InChI=1S/C21H23N5O/c1-16(25-11-13-26(14-12-25)21-22-9-4-10-23-21)20(27)24-19-8-7-17-5-2-3-6-18(17)15-19/h2-10,15-16H,11-14H2,1H3,(H,24,27)/t16-/m0/s1. The van der Waals surface area contributed by atoms with E-state index in [1.807, 2.05) is 43.3 Å². The Morgan fingerprint density at radius 1 is 0.963 bits per heavy atom. The van der Waals surface area contributed by atoms with Crippen LogP contribution in [-0.2, 0) is 4.79 Å². The maximum Gasteiger partial charge on any atom is 0.241 e.